The molecule has 0 bridgehead atoms. The second kappa shape index (κ2) is 5.48. The van der Waals surface area contributed by atoms with Gasteiger partial charge < -0.3 is 9.73 Å². The zero-order chi connectivity index (χ0) is 15.7. The van der Waals surface area contributed by atoms with E-state index in [9.17, 15) is 9.59 Å². The fourth-order valence-corrected chi connectivity index (χ4v) is 2.42. The first-order valence-electron chi connectivity index (χ1n) is 6.96. The van der Waals surface area contributed by atoms with Crippen molar-refractivity contribution in [3.63, 3.8) is 0 Å². The summed E-state index contributed by atoms with van der Waals surface area (Å²) >= 11 is 0. The molecule has 1 amide bonds. The fraction of sp³-hybridized carbons (Fsp3) is 0.111. The van der Waals surface area contributed by atoms with Crippen molar-refractivity contribution in [1.29, 1.82) is 0 Å². The summed E-state index contributed by atoms with van der Waals surface area (Å²) in [5, 5.41) is 3.67. The molecule has 0 aliphatic rings. The Morgan fingerprint density at radius 3 is 2.50 bits per heavy atom. The number of fused-ring (bicyclic) bond motifs is 1. The normalized spacial score (nSPS) is 10.6. The minimum absolute atomic E-state index is 0.00709. The number of hydrogen-bond acceptors (Lipinski definition) is 3. The van der Waals surface area contributed by atoms with Crippen molar-refractivity contribution in [2.45, 2.75) is 13.8 Å². The lowest BCUT2D eigenvalue weighted by Crippen LogP contribution is -2.11. The zero-order valence-electron chi connectivity index (χ0n) is 12.3. The van der Waals surface area contributed by atoms with Gasteiger partial charge in [-0.3, -0.25) is 9.59 Å². The average Bonchev–Trinajstić information content (AvgIpc) is 2.91. The lowest BCUT2D eigenvalue weighted by molar-refractivity contribution is 0.0996. The molecule has 0 aliphatic heterocycles. The Bertz CT molecular complexity index is 844. The summed E-state index contributed by atoms with van der Waals surface area (Å²) in [4.78, 5) is 23.7. The molecule has 1 aromatic heterocycles. The summed E-state index contributed by atoms with van der Waals surface area (Å²) in [5.41, 5.74) is 2.79. The number of rotatable bonds is 3. The lowest BCUT2D eigenvalue weighted by Gasteiger charge is -2.07. The first kappa shape index (κ1) is 14.1. The molecule has 0 saturated heterocycles. The molecule has 4 nitrogen and oxygen atoms in total. The number of aryl methyl sites for hydroxylation is 1. The van der Waals surface area contributed by atoms with E-state index in [1.165, 1.54) is 6.92 Å². The number of hydrogen-bond donors (Lipinski definition) is 1. The standard InChI is InChI=1S/C18H15NO3/c1-11-9-14(7-8-15(11)12(2)20)19-18(21)17-10-13-5-3-4-6-16(13)22-17/h3-10H,1-2H3,(H,19,21). The molecule has 0 unspecified atom stereocenters. The van der Waals surface area contributed by atoms with Gasteiger partial charge in [0.25, 0.3) is 5.91 Å². The average molecular weight is 293 g/mol. The van der Waals surface area contributed by atoms with Crippen molar-refractivity contribution in [1.82, 2.24) is 0 Å². The van der Waals surface area contributed by atoms with Crippen molar-refractivity contribution < 1.29 is 14.0 Å². The molecule has 22 heavy (non-hydrogen) atoms. The van der Waals surface area contributed by atoms with E-state index in [2.05, 4.69) is 5.32 Å². The molecule has 3 rings (SSSR count). The van der Waals surface area contributed by atoms with Crippen LogP contribution in [0.1, 0.15) is 33.4 Å². The predicted octanol–water partition coefficient (Wildman–Crippen LogP) is 4.20. The molecule has 0 saturated carbocycles. The Balaban J connectivity index is 1.84. The van der Waals surface area contributed by atoms with E-state index < -0.39 is 0 Å². The quantitative estimate of drug-likeness (QED) is 0.736. The third-order valence-corrected chi connectivity index (χ3v) is 3.51. The Morgan fingerprint density at radius 1 is 1.05 bits per heavy atom. The maximum Gasteiger partial charge on any atom is 0.291 e. The van der Waals surface area contributed by atoms with Gasteiger partial charge >= 0.3 is 0 Å². The fourth-order valence-electron chi connectivity index (χ4n) is 2.42. The van der Waals surface area contributed by atoms with Gasteiger partial charge in [0, 0.05) is 16.6 Å². The molecule has 0 aliphatic carbocycles. The van der Waals surface area contributed by atoms with Gasteiger partial charge in [0.15, 0.2) is 11.5 Å². The summed E-state index contributed by atoms with van der Waals surface area (Å²) in [6.45, 7) is 3.36. The largest absolute Gasteiger partial charge is 0.451 e. The number of carbonyl (C=O) groups excluding carboxylic acids is 2. The topological polar surface area (TPSA) is 59.3 Å². The number of amides is 1. The van der Waals surface area contributed by atoms with E-state index in [0.29, 0.717) is 16.8 Å². The van der Waals surface area contributed by atoms with E-state index in [-0.39, 0.29) is 17.5 Å². The van der Waals surface area contributed by atoms with Gasteiger partial charge in [-0.15, -0.1) is 0 Å². The summed E-state index contributed by atoms with van der Waals surface area (Å²) in [6, 6.07) is 14.4. The molecule has 110 valence electrons. The number of furan rings is 1. The van der Waals surface area contributed by atoms with Crippen LogP contribution < -0.4 is 5.32 Å². The predicted molar refractivity (Wildman–Crippen MR) is 85.4 cm³/mol. The lowest BCUT2D eigenvalue weighted by atomic mass is 10.0. The van der Waals surface area contributed by atoms with Crippen molar-refractivity contribution in [3.05, 3.63) is 65.4 Å². The Morgan fingerprint density at radius 2 is 1.82 bits per heavy atom. The van der Waals surface area contributed by atoms with Gasteiger partial charge in [-0.1, -0.05) is 18.2 Å². The highest BCUT2D eigenvalue weighted by atomic mass is 16.3. The number of nitrogens with one attached hydrogen (secondary N) is 1. The van der Waals surface area contributed by atoms with Crippen LogP contribution in [0.15, 0.2) is 52.9 Å². The van der Waals surface area contributed by atoms with Crippen molar-refractivity contribution in [2.75, 3.05) is 5.32 Å². The second-order valence-electron chi connectivity index (χ2n) is 5.19. The van der Waals surface area contributed by atoms with Gasteiger partial charge in [0.05, 0.1) is 0 Å². The summed E-state index contributed by atoms with van der Waals surface area (Å²) in [6.07, 6.45) is 0. The first-order valence-corrected chi connectivity index (χ1v) is 6.96. The molecule has 0 atom stereocenters. The van der Waals surface area contributed by atoms with Crippen LogP contribution in [0.25, 0.3) is 11.0 Å². The highest BCUT2D eigenvalue weighted by Gasteiger charge is 2.13. The summed E-state index contributed by atoms with van der Waals surface area (Å²) in [7, 11) is 0. The van der Waals surface area contributed by atoms with Crippen molar-refractivity contribution in [3.8, 4) is 0 Å². The van der Waals surface area contributed by atoms with Crippen LogP contribution in [0.4, 0.5) is 5.69 Å². The van der Waals surface area contributed by atoms with Crippen molar-refractivity contribution >= 4 is 28.3 Å². The number of carbonyl (C=O) groups is 2. The Labute approximate surface area is 127 Å². The number of Topliss-reactive ketones (excluding diaryl/α,β-unsaturated/α-hetero) is 1. The number of anilines is 1. The molecular formula is C18H15NO3. The van der Waals surface area contributed by atoms with Gasteiger partial charge in [-0.05, 0) is 49.7 Å². The van der Waals surface area contributed by atoms with Crippen LogP contribution in [0.3, 0.4) is 0 Å². The molecular weight excluding hydrogens is 278 g/mol. The SMILES string of the molecule is CC(=O)c1ccc(NC(=O)c2cc3ccccc3o2)cc1C. The molecule has 0 radical (unpaired) electrons. The van der Waals surface area contributed by atoms with E-state index in [0.717, 1.165) is 10.9 Å². The number of ketones is 1. The first-order chi connectivity index (χ1) is 10.5. The van der Waals surface area contributed by atoms with E-state index in [1.54, 1.807) is 24.3 Å². The molecule has 0 spiro atoms. The van der Waals surface area contributed by atoms with Crippen LogP contribution in [0, 0.1) is 6.92 Å². The second-order valence-corrected chi connectivity index (χ2v) is 5.19. The maximum absolute atomic E-state index is 12.2. The minimum atomic E-state index is -0.314. The third kappa shape index (κ3) is 2.63. The van der Waals surface area contributed by atoms with Gasteiger partial charge in [-0.2, -0.15) is 0 Å². The van der Waals surface area contributed by atoms with Gasteiger partial charge in [0.1, 0.15) is 5.58 Å². The van der Waals surface area contributed by atoms with Crippen molar-refractivity contribution in [2.24, 2.45) is 0 Å². The highest BCUT2D eigenvalue weighted by Crippen LogP contribution is 2.21. The molecule has 3 aromatic rings. The molecule has 1 heterocycles. The van der Waals surface area contributed by atoms with Crippen LogP contribution >= 0.6 is 0 Å². The van der Waals surface area contributed by atoms with E-state index in [1.807, 2.05) is 31.2 Å². The van der Waals surface area contributed by atoms with E-state index >= 15 is 0 Å². The number of benzene rings is 2. The summed E-state index contributed by atoms with van der Waals surface area (Å²) < 4.78 is 5.53. The smallest absolute Gasteiger partial charge is 0.291 e. The monoisotopic (exact) mass is 293 g/mol. The van der Waals surface area contributed by atoms with Crippen LogP contribution in [0.5, 0.6) is 0 Å². The minimum Gasteiger partial charge on any atom is -0.451 e. The Kier molecular flexibility index (Phi) is 3.51. The maximum atomic E-state index is 12.2. The van der Waals surface area contributed by atoms with Crippen LogP contribution in [-0.4, -0.2) is 11.7 Å². The molecule has 1 N–H and O–H groups in total. The van der Waals surface area contributed by atoms with Gasteiger partial charge in [0.2, 0.25) is 0 Å². The molecule has 4 heteroatoms. The summed E-state index contributed by atoms with van der Waals surface area (Å²) in [5.74, 6) is -0.0478. The van der Waals surface area contributed by atoms with Crippen LogP contribution in [0.2, 0.25) is 0 Å². The molecule has 2 aromatic carbocycles. The van der Waals surface area contributed by atoms with E-state index in [4.69, 9.17) is 4.42 Å². The third-order valence-electron chi connectivity index (χ3n) is 3.51. The Hall–Kier alpha value is -2.88. The highest BCUT2D eigenvalue weighted by molar-refractivity contribution is 6.05. The molecule has 0 fully saturated rings. The van der Waals surface area contributed by atoms with Gasteiger partial charge in [-0.25, -0.2) is 0 Å². The number of para-hydroxylation sites is 1. The zero-order valence-corrected chi connectivity index (χ0v) is 12.3. The van der Waals surface area contributed by atoms with Crippen LogP contribution in [-0.2, 0) is 0 Å².